The summed E-state index contributed by atoms with van der Waals surface area (Å²) in [6, 6.07) is 0. The molecule has 0 spiro atoms. The Labute approximate surface area is 145 Å². The zero-order valence-corrected chi connectivity index (χ0v) is 15.0. The van der Waals surface area contributed by atoms with Crippen molar-refractivity contribution < 1.29 is 15.3 Å². The first-order valence-corrected chi connectivity index (χ1v) is 9.81. The van der Waals surface area contributed by atoms with Gasteiger partial charge in [0.2, 0.25) is 0 Å². The third kappa shape index (κ3) is 1.97. The summed E-state index contributed by atoms with van der Waals surface area (Å²) in [5.74, 6) is 4.19. The van der Waals surface area contributed by atoms with Gasteiger partial charge >= 0.3 is 0 Å². The van der Waals surface area contributed by atoms with Crippen LogP contribution in [0.25, 0.3) is 0 Å². The van der Waals surface area contributed by atoms with Gasteiger partial charge in [-0.15, -0.1) is 6.42 Å². The Morgan fingerprint density at radius 3 is 2.38 bits per heavy atom. The number of hydrogen-bond donors (Lipinski definition) is 3. The van der Waals surface area contributed by atoms with Crippen LogP contribution < -0.4 is 0 Å². The maximum Gasteiger partial charge on any atom is 0.130 e. The molecule has 3 nitrogen and oxygen atoms in total. The lowest BCUT2D eigenvalue weighted by atomic mass is 9.43. The van der Waals surface area contributed by atoms with Gasteiger partial charge in [-0.2, -0.15) is 0 Å². The minimum atomic E-state index is -1.01. The molecule has 9 atom stereocenters. The van der Waals surface area contributed by atoms with E-state index in [2.05, 4.69) is 19.8 Å². The van der Waals surface area contributed by atoms with Crippen LogP contribution in [0.2, 0.25) is 0 Å². The molecule has 3 unspecified atom stereocenters. The van der Waals surface area contributed by atoms with E-state index in [4.69, 9.17) is 6.42 Å². The fourth-order valence-electron chi connectivity index (χ4n) is 7.46. The molecular weight excluding hydrogens is 300 g/mol. The van der Waals surface area contributed by atoms with Crippen molar-refractivity contribution >= 4 is 0 Å². The predicted octanol–water partition coefficient (Wildman–Crippen LogP) is 2.73. The summed E-state index contributed by atoms with van der Waals surface area (Å²) in [4.78, 5) is 0. The zero-order valence-electron chi connectivity index (χ0n) is 15.0. The van der Waals surface area contributed by atoms with Crippen molar-refractivity contribution in [1.82, 2.24) is 0 Å². The number of aliphatic hydroxyl groups is 3. The number of terminal acetylenes is 1. The van der Waals surface area contributed by atoms with Gasteiger partial charge < -0.3 is 15.3 Å². The van der Waals surface area contributed by atoms with Gasteiger partial charge in [0.15, 0.2) is 0 Å². The van der Waals surface area contributed by atoms with Crippen LogP contribution in [0.5, 0.6) is 0 Å². The molecule has 4 aliphatic carbocycles. The number of rotatable bonds is 0. The molecular formula is C21H32O3. The molecule has 0 bridgehead atoms. The van der Waals surface area contributed by atoms with Crippen molar-refractivity contribution in [1.29, 1.82) is 0 Å². The van der Waals surface area contributed by atoms with Crippen LogP contribution in [0.4, 0.5) is 0 Å². The molecule has 0 radical (unpaired) electrons. The standard InChI is InChI=1S/C21H32O3/c1-4-21(24)10-7-16-18-15(6-9-20(16,21)3)19(2)8-5-14(22)11-13(19)12-17(18)23/h1,13-18,22-24H,5-12H2,2-3H3/t13-,14+,15?,16?,17+,18?,19+,20+,21+/m1/s1. The first-order chi connectivity index (χ1) is 11.2. The van der Waals surface area contributed by atoms with E-state index in [-0.39, 0.29) is 29.0 Å². The number of aliphatic hydroxyl groups excluding tert-OH is 2. The van der Waals surface area contributed by atoms with Gasteiger partial charge in [0.05, 0.1) is 12.2 Å². The minimum absolute atomic E-state index is 0.196. The van der Waals surface area contributed by atoms with E-state index in [1.807, 2.05) is 0 Å². The zero-order chi connectivity index (χ0) is 17.3. The molecule has 4 rings (SSSR count). The lowest BCUT2D eigenvalue weighted by Gasteiger charge is -2.62. The van der Waals surface area contributed by atoms with E-state index in [9.17, 15) is 15.3 Å². The topological polar surface area (TPSA) is 60.7 Å². The minimum Gasteiger partial charge on any atom is -0.393 e. The van der Waals surface area contributed by atoms with E-state index < -0.39 is 5.60 Å². The van der Waals surface area contributed by atoms with Crippen molar-refractivity contribution in [3.63, 3.8) is 0 Å². The Kier molecular flexibility index (Phi) is 3.67. The molecule has 0 heterocycles. The highest BCUT2D eigenvalue weighted by Crippen LogP contribution is 2.68. The summed E-state index contributed by atoms with van der Waals surface area (Å²) < 4.78 is 0. The lowest BCUT2D eigenvalue weighted by Crippen LogP contribution is -2.60. The summed E-state index contributed by atoms with van der Waals surface area (Å²) >= 11 is 0. The van der Waals surface area contributed by atoms with Crippen LogP contribution in [-0.2, 0) is 0 Å². The summed E-state index contributed by atoms with van der Waals surface area (Å²) in [6.07, 6.45) is 12.4. The monoisotopic (exact) mass is 332 g/mol. The van der Waals surface area contributed by atoms with E-state index in [1.54, 1.807) is 0 Å². The Morgan fingerprint density at radius 2 is 1.67 bits per heavy atom. The normalized spacial score (nSPS) is 59.8. The fraction of sp³-hybridized carbons (Fsp3) is 0.905. The molecule has 0 aromatic carbocycles. The van der Waals surface area contributed by atoms with Crippen LogP contribution in [-0.4, -0.2) is 33.1 Å². The summed E-state index contributed by atoms with van der Waals surface area (Å²) in [5.41, 5.74) is -1.05. The Hall–Kier alpha value is -0.560. The first kappa shape index (κ1) is 16.9. The average molecular weight is 332 g/mol. The smallest absolute Gasteiger partial charge is 0.130 e. The molecule has 4 aliphatic rings. The van der Waals surface area contributed by atoms with Crippen molar-refractivity contribution in [2.75, 3.05) is 0 Å². The SMILES string of the molecule is C#C[C@]1(O)CCC2C3C(CC[C@@]21C)[C@@]1(C)CC[C@H](O)C[C@@H]1C[C@@H]3O. The molecule has 0 amide bonds. The summed E-state index contributed by atoms with van der Waals surface area (Å²) in [6.45, 7) is 4.56. The number of fused-ring (bicyclic) bond motifs is 5. The van der Waals surface area contributed by atoms with Crippen molar-refractivity contribution in [3.8, 4) is 12.3 Å². The van der Waals surface area contributed by atoms with Crippen LogP contribution in [0.1, 0.15) is 65.2 Å². The maximum absolute atomic E-state index is 11.0. The molecule has 0 aromatic heterocycles. The lowest BCUT2D eigenvalue weighted by molar-refractivity contribution is -0.183. The van der Waals surface area contributed by atoms with E-state index >= 15 is 0 Å². The van der Waals surface area contributed by atoms with Crippen LogP contribution in [0.15, 0.2) is 0 Å². The van der Waals surface area contributed by atoms with Crippen molar-refractivity contribution in [2.24, 2.45) is 34.5 Å². The summed E-state index contributed by atoms with van der Waals surface area (Å²) in [5, 5.41) is 32.1. The fourth-order valence-corrected chi connectivity index (χ4v) is 7.46. The molecule has 0 aliphatic heterocycles. The van der Waals surface area contributed by atoms with Gasteiger partial charge in [-0.25, -0.2) is 0 Å². The maximum atomic E-state index is 11.0. The molecule has 24 heavy (non-hydrogen) atoms. The Bertz CT molecular complexity index is 568. The largest absolute Gasteiger partial charge is 0.393 e. The third-order valence-corrected chi connectivity index (χ3v) is 9.05. The highest BCUT2D eigenvalue weighted by atomic mass is 16.3. The van der Waals surface area contributed by atoms with Gasteiger partial charge in [0, 0.05) is 5.41 Å². The predicted molar refractivity (Wildman–Crippen MR) is 92.9 cm³/mol. The highest BCUT2D eigenvalue weighted by Gasteiger charge is 2.66. The first-order valence-electron chi connectivity index (χ1n) is 9.81. The van der Waals surface area contributed by atoms with E-state index in [0.717, 1.165) is 44.9 Å². The van der Waals surface area contributed by atoms with Gasteiger partial charge in [-0.3, -0.25) is 0 Å². The number of hydrogen-bond acceptors (Lipinski definition) is 3. The molecule has 134 valence electrons. The highest BCUT2D eigenvalue weighted by molar-refractivity contribution is 5.24. The molecule has 3 heteroatoms. The second-order valence-corrected chi connectivity index (χ2v) is 9.72. The molecule has 0 saturated heterocycles. The third-order valence-electron chi connectivity index (χ3n) is 9.05. The van der Waals surface area contributed by atoms with Crippen LogP contribution >= 0.6 is 0 Å². The van der Waals surface area contributed by atoms with E-state index in [0.29, 0.717) is 24.2 Å². The molecule has 0 aromatic rings. The second kappa shape index (κ2) is 5.22. The van der Waals surface area contributed by atoms with E-state index in [1.165, 1.54) is 0 Å². The van der Waals surface area contributed by atoms with Crippen LogP contribution in [0, 0.1) is 46.8 Å². The van der Waals surface area contributed by atoms with Crippen molar-refractivity contribution in [3.05, 3.63) is 0 Å². The van der Waals surface area contributed by atoms with Gasteiger partial charge in [-0.05, 0) is 80.5 Å². The van der Waals surface area contributed by atoms with Gasteiger partial charge in [0.25, 0.3) is 0 Å². The van der Waals surface area contributed by atoms with Gasteiger partial charge in [-0.1, -0.05) is 19.8 Å². The molecule has 3 N–H and O–H groups in total. The average Bonchev–Trinajstić information content (AvgIpc) is 2.82. The Morgan fingerprint density at radius 1 is 0.958 bits per heavy atom. The van der Waals surface area contributed by atoms with Crippen molar-refractivity contribution in [2.45, 2.75) is 83.0 Å². The van der Waals surface area contributed by atoms with Crippen LogP contribution in [0.3, 0.4) is 0 Å². The quantitative estimate of drug-likeness (QED) is 0.598. The second-order valence-electron chi connectivity index (χ2n) is 9.72. The molecule has 4 saturated carbocycles. The molecule has 4 fully saturated rings. The summed E-state index contributed by atoms with van der Waals surface area (Å²) in [7, 11) is 0. The van der Waals surface area contributed by atoms with Gasteiger partial charge in [0.1, 0.15) is 5.60 Å². The Balaban J connectivity index is 1.69.